The predicted octanol–water partition coefficient (Wildman–Crippen LogP) is 4.28. The van der Waals surface area contributed by atoms with E-state index >= 15 is 0 Å². The third kappa shape index (κ3) is 2.59. The molecule has 3 rings (SSSR count). The Bertz CT molecular complexity index is 708. The Balaban J connectivity index is 1.99. The van der Waals surface area contributed by atoms with Crippen LogP contribution in [0.25, 0.3) is 0 Å². The molecule has 0 saturated carbocycles. The summed E-state index contributed by atoms with van der Waals surface area (Å²) in [6.07, 6.45) is -0.529. The number of hydrogen-bond acceptors (Lipinski definition) is 2. The van der Waals surface area contributed by atoms with Crippen LogP contribution >= 0.6 is 11.6 Å². The minimum absolute atomic E-state index is 0.0510. The summed E-state index contributed by atoms with van der Waals surface area (Å²) in [5.74, 6) is -2.75. The van der Waals surface area contributed by atoms with E-state index in [4.69, 9.17) is 22.1 Å². The molecular weight excluding hydrogens is 303 g/mol. The molecule has 2 N–H and O–H groups in total. The Kier molecular flexibility index (Phi) is 3.55. The Morgan fingerprint density at radius 2 is 1.71 bits per heavy atom. The number of ether oxygens (including phenoxy) is 1. The highest BCUT2D eigenvalue weighted by molar-refractivity contribution is 6.30. The largest absolute Gasteiger partial charge is 0.485 e. The van der Waals surface area contributed by atoms with E-state index in [1.54, 1.807) is 18.2 Å². The summed E-state index contributed by atoms with van der Waals surface area (Å²) in [5, 5.41) is 0.519. The second-order valence-electron chi connectivity index (χ2n) is 4.92. The van der Waals surface area contributed by atoms with E-state index in [0.717, 1.165) is 6.07 Å². The monoisotopic (exact) mass is 313 g/mol. The van der Waals surface area contributed by atoms with Gasteiger partial charge in [0, 0.05) is 34.7 Å². The van der Waals surface area contributed by atoms with Crippen LogP contribution in [0.5, 0.6) is 5.75 Å². The first-order chi connectivity index (χ1) is 9.95. The summed E-state index contributed by atoms with van der Waals surface area (Å²) in [6, 6.07) is 5.82. The molecule has 110 valence electrons. The summed E-state index contributed by atoms with van der Waals surface area (Å²) >= 11 is 5.90. The van der Waals surface area contributed by atoms with Crippen LogP contribution in [0.2, 0.25) is 5.02 Å². The average molecular weight is 314 g/mol. The van der Waals surface area contributed by atoms with Gasteiger partial charge in [-0.3, -0.25) is 0 Å². The molecule has 1 aliphatic heterocycles. The van der Waals surface area contributed by atoms with Gasteiger partial charge in [0.1, 0.15) is 17.7 Å². The van der Waals surface area contributed by atoms with E-state index in [1.165, 1.54) is 0 Å². The second kappa shape index (κ2) is 5.24. The zero-order chi connectivity index (χ0) is 15.1. The molecule has 0 bridgehead atoms. The molecule has 1 heterocycles. The quantitative estimate of drug-likeness (QED) is 0.798. The summed E-state index contributed by atoms with van der Waals surface area (Å²) in [6.45, 7) is 0. The van der Waals surface area contributed by atoms with Crippen molar-refractivity contribution < 1.29 is 17.9 Å². The zero-order valence-corrected chi connectivity index (χ0v) is 11.5. The highest BCUT2D eigenvalue weighted by atomic mass is 35.5. The van der Waals surface area contributed by atoms with E-state index in [9.17, 15) is 13.2 Å². The molecule has 0 saturated heterocycles. The molecule has 6 heteroatoms. The van der Waals surface area contributed by atoms with E-state index in [-0.39, 0.29) is 12.0 Å². The van der Waals surface area contributed by atoms with Crippen LogP contribution in [0.3, 0.4) is 0 Å². The summed E-state index contributed by atoms with van der Waals surface area (Å²) < 4.78 is 45.8. The predicted molar refractivity (Wildman–Crippen MR) is 72.7 cm³/mol. The van der Waals surface area contributed by atoms with Crippen LogP contribution < -0.4 is 10.5 Å². The van der Waals surface area contributed by atoms with Crippen molar-refractivity contribution in [2.75, 3.05) is 0 Å². The van der Waals surface area contributed by atoms with Gasteiger partial charge in [0.2, 0.25) is 0 Å². The molecule has 2 atom stereocenters. The molecule has 1 aliphatic rings. The Hall–Kier alpha value is -1.72. The number of nitrogens with two attached hydrogens (primary N) is 1. The fraction of sp³-hybridized carbons (Fsp3) is 0.200. The van der Waals surface area contributed by atoms with Crippen molar-refractivity contribution in [1.29, 1.82) is 0 Å². The highest BCUT2D eigenvalue weighted by Gasteiger charge is 2.30. The maximum absolute atomic E-state index is 13.8. The topological polar surface area (TPSA) is 35.2 Å². The minimum Gasteiger partial charge on any atom is -0.485 e. The normalized spacial score (nSPS) is 20.8. The van der Waals surface area contributed by atoms with Crippen molar-refractivity contribution in [3.8, 4) is 5.75 Å². The minimum atomic E-state index is -1.23. The lowest BCUT2D eigenvalue weighted by Crippen LogP contribution is -2.25. The number of fused-ring (bicyclic) bond motifs is 1. The first-order valence-corrected chi connectivity index (χ1v) is 6.69. The molecule has 21 heavy (non-hydrogen) atoms. The standard InChI is InChI=1S/C15H11ClF3NO/c16-7-1-2-14-9(3-7)13(20)6-15(21-14)8-4-11(18)12(19)5-10(8)17/h1-5,13,15H,6,20H2. The number of rotatable bonds is 1. The van der Waals surface area contributed by atoms with Crippen molar-refractivity contribution >= 4 is 11.6 Å². The fourth-order valence-corrected chi connectivity index (χ4v) is 2.63. The van der Waals surface area contributed by atoms with Gasteiger partial charge in [-0.2, -0.15) is 0 Å². The van der Waals surface area contributed by atoms with Crippen LogP contribution in [0.4, 0.5) is 13.2 Å². The molecule has 0 aliphatic carbocycles. The molecule has 0 fully saturated rings. The number of hydrogen-bond donors (Lipinski definition) is 1. The lowest BCUT2D eigenvalue weighted by molar-refractivity contribution is 0.156. The van der Waals surface area contributed by atoms with E-state index in [1.807, 2.05) is 0 Å². The van der Waals surface area contributed by atoms with Crippen LogP contribution in [0.15, 0.2) is 30.3 Å². The van der Waals surface area contributed by atoms with Crippen LogP contribution in [-0.4, -0.2) is 0 Å². The third-order valence-electron chi connectivity index (χ3n) is 3.50. The highest BCUT2D eigenvalue weighted by Crippen LogP contribution is 2.41. The van der Waals surface area contributed by atoms with Gasteiger partial charge in [0.15, 0.2) is 11.6 Å². The number of benzene rings is 2. The average Bonchev–Trinajstić information content (AvgIpc) is 2.43. The second-order valence-corrected chi connectivity index (χ2v) is 5.36. The maximum atomic E-state index is 13.8. The Morgan fingerprint density at radius 3 is 2.48 bits per heavy atom. The molecule has 2 nitrogen and oxygen atoms in total. The molecule has 0 radical (unpaired) electrons. The van der Waals surface area contributed by atoms with Crippen LogP contribution in [0, 0.1) is 17.5 Å². The van der Waals surface area contributed by atoms with Crippen molar-refractivity contribution in [3.63, 3.8) is 0 Å². The lowest BCUT2D eigenvalue weighted by Gasteiger charge is -2.30. The maximum Gasteiger partial charge on any atom is 0.161 e. The van der Waals surface area contributed by atoms with Gasteiger partial charge >= 0.3 is 0 Å². The SMILES string of the molecule is NC1CC(c2cc(F)c(F)cc2F)Oc2ccc(Cl)cc21. The zero-order valence-electron chi connectivity index (χ0n) is 10.7. The molecule has 0 amide bonds. The molecule has 2 aromatic rings. The molecule has 0 aromatic heterocycles. The first-order valence-electron chi connectivity index (χ1n) is 6.32. The van der Waals surface area contributed by atoms with Gasteiger partial charge in [0.25, 0.3) is 0 Å². The van der Waals surface area contributed by atoms with Gasteiger partial charge in [-0.05, 0) is 24.3 Å². The third-order valence-corrected chi connectivity index (χ3v) is 3.73. The van der Waals surface area contributed by atoms with Crippen molar-refractivity contribution in [3.05, 3.63) is 63.9 Å². The fourth-order valence-electron chi connectivity index (χ4n) is 2.45. The summed E-state index contributed by atoms with van der Waals surface area (Å²) in [5.41, 5.74) is 6.69. The molecule has 2 aromatic carbocycles. The summed E-state index contributed by atoms with van der Waals surface area (Å²) in [7, 11) is 0. The Morgan fingerprint density at radius 1 is 1.00 bits per heavy atom. The lowest BCUT2D eigenvalue weighted by atomic mass is 9.93. The smallest absolute Gasteiger partial charge is 0.161 e. The molecule has 0 spiro atoms. The van der Waals surface area contributed by atoms with Gasteiger partial charge in [0.05, 0.1) is 0 Å². The van der Waals surface area contributed by atoms with Crippen LogP contribution in [0.1, 0.15) is 29.7 Å². The Labute approximate surface area is 124 Å². The van der Waals surface area contributed by atoms with Crippen molar-refractivity contribution in [2.24, 2.45) is 5.73 Å². The molecule has 2 unspecified atom stereocenters. The van der Waals surface area contributed by atoms with Crippen molar-refractivity contribution in [1.82, 2.24) is 0 Å². The van der Waals surface area contributed by atoms with Crippen molar-refractivity contribution in [2.45, 2.75) is 18.6 Å². The van der Waals surface area contributed by atoms with E-state index in [2.05, 4.69) is 0 Å². The first kappa shape index (κ1) is 14.2. The van der Waals surface area contributed by atoms with Crippen LogP contribution in [-0.2, 0) is 0 Å². The molecular formula is C15H11ClF3NO. The van der Waals surface area contributed by atoms with Gasteiger partial charge in [-0.1, -0.05) is 11.6 Å². The summed E-state index contributed by atoms with van der Waals surface area (Å²) in [4.78, 5) is 0. The van der Waals surface area contributed by atoms with Gasteiger partial charge in [-0.15, -0.1) is 0 Å². The van der Waals surface area contributed by atoms with Gasteiger partial charge in [-0.25, -0.2) is 13.2 Å². The number of halogens is 4. The van der Waals surface area contributed by atoms with E-state index in [0.29, 0.717) is 22.4 Å². The van der Waals surface area contributed by atoms with E-state index < -0.39 is 29.6 Å². The van der Waals surface area contributed by atoms with Gasteiger partial charge < -0.3 is 10.5 Å².